The number of carbonyl (C=O) groups excluding carboxylic acids is 2. The lowest BCUT2D eigenvalue weighted by Crippen LogP contribution is -2.29. The van der Waals surface area contributed by atoms with Gasteiger partial charge in [0, 0.05) is 22.0 Å². The minimum absolute atomic E-state index is 0.152. The Morgan fingerprint density at radius 2 is 1.76 bits per heavy atom. The van der Waals surface area contributed by atoms with Crippen molar-refractivity contribution in [1.82, 2.24) is 19.6 Å². The highest BCUT2D eigenvalue weighted by Gasteiger charge is 2.49. The summed E-state index contributed by atoms with van der Waals surface area (Å²) in [4.78, 5) is 33.5. The van der Waals surface area contributed by atoms with Crippen molar-refractivity contribution in [3.8, 4) is 17.2 Å². The van der Waals surface area contributed by atoms with Crippen LogP contribution in [0, 0.1) is 6.92 Å². The number of amides is 1. The number of hydrogen-bond donors (Lipinski definition) is 1. The third kappa shape index (κ3) is 5.53. The molecule has 11 nitrogen and oxygen atoms in total. The summed E-state index contributed by atoms with van der Waals surface area (Å²) in [5.41, 5.74) is 2.39. The number of Topliss-reactive ketones (excluding diaryl/α,β-unsaturated/α-hetero) is 1. The lowest BCUT2D eigenvalue weighted by Gasteiger charge is -2.24. The number of pyridine rings is 1. The Morgan fingerprint density at radius 3 is 2.43 bits per heavy atom. The van der Waals surface area contributed by atoms with Crippen LogP contribution in [0.25, 0.3) is 11.4 Å². The number of imidazole rings is 1. The van der Waals surface area contributed by atoms with Gasteiger partial charge in [0.05, 0.1) is 38.6 Å². The molecule has 1 saturated heterocycles. The molecular weight excluding hydrogens is 673 g/mol. The number of benzene rings is 2. The number of anilines is 1. The van der Waals surface area contributed by atoms with Crippen molar-refractivity contribution in [1.29, 1.82) is 0 Å². The van der Waals surface area contributed by atoms with E-state index in [0.717, 1.165) is 16.9 Å². The molecule has 1 unspecified atom stereocenters. The summed E-state index contributed by atoms with van der Waals surface area (Å²) in [7, 11) is 4.39. The quantitative estimate of drug-likeness (QED) is 0.0581. The summed E-state index contributed by atoms with van der Waals surface area (Å²) in [6.07, 6.45) is 1.72. The number of rotatable bonds is 9. The van der Waals surface area contributed by atoms with Crippen LogP contribution in [-0.2, 0) is 15.3 Å². The molecule has 15 heteroatoms. The predicted molar refractivity (Wildman–Crippen MR) is 177 cm³/mol. The fraction of sp³-hybridized carbons (Fsp3) is 0.194. The Hall–Kier alpha value is -4.30. The van der Waals surface area contributed by atoms with E-state index in [2.05, 4.69) is 15.2 Å². The van der Waals surface area contributed by atoms with Gasteiger partial charge in [-0.3, -0.25) is 18.9 Å². The number of ether oxygens (including phenoxy) is 3. The standard InChI is InChI=1S/C31H25Cl2N5O6S2/c1-15-24(37-10-6-5-7-22(37)34-15)26(39)23-25(17-11-20(42-2)28(44-4)21(12-17)43-3)38(29(41)27(23)40)30-35-36-31(46-30)45-14-16-8-9-18(32)13-19(16)33/h5-13,25,39H,14H2,1-4H3/b26-23+. The predicted octanol–water partition coefficient (Wildman–Crippen LogP) is 6.75. The summed E-state index contributed by atoms with van der Waals surface area (Å²) in [5, 5.41) is 21.6. The van der Waals surface area contributed by atoms with Gasteiger partial charge in [0.15, 0.2) is 21.6 Å². The van der Waals surface area contributed by atoms with Crippen LogP contribution in [0.5, 0.6) is 17.2 Å². The minimum atomic E-state index is -1.14. The van der Waals surface area contributed by atoms with E-state index < -0.39 is 23.5 Å². The molecular formula is C31H25Cl2N5O6S2. The van der Waals surface area contributed by atoms with Gasteiger partial charge >= 0.3 is 5.91 Å². The molecule has 3 aromatic heterocycles. The molecule has 236 valence electrons. The van der Waals surface area contributed by atoms with Gasteiger partial charge < -0.3 is 19.3 Å². The van der Waals surface area contributed by atoms with Crippen LogP contribution in [-0.4, -0.2) is 57.7 Å². The normalized spacial score (nSPS) is 16.0. The van der Waals surface area contributed by atoms with Gasteiger partial charge in [-0.1, -0.05) is 58.4 Å². The van der Waals surface area contributed by atoms with E-state index in [0.29, 0.717) is 54.3 Å². The number of aryl methyl sites for hydroxylation is 1. The lowest BCUT2D eigenvalue weighted by molar-refractivity contribution is -0.132. The Morgan fingerprint density at radius 1 is 1.02 bits per heavy atom. The van der Waals surface area contributed by atoms with Gasteiger partial charge in [-0.2, -0.15) is 0 Å². The number of thioether (sulfide) groups is 1. The number of nitrogens with zero attached hydrogens (tertiary/aromatic N) is 5. The second-order valence-corrected chi connectivity index (χ2v) is 13.0. The third-order valence-corrected chi connectivity index (χ3v) is 10.0. The second-order valence-electron chi connectivity index (χ2n) is 9.98. The smallest absolute Gasteiger partial charge is 0.301 e. The van der Waals surface area contributed by atoms with E-state index in [9.17, 15) is 14.7 Å². The molecule has 0 bridgehead atoms. The highest BCUT2D eigenvalue weighted by molar-refractivity contribution is 8.00. The Kier molecular flexibility index (Phi) is 8.84. The molecule has 1 fully saturated rings. The number of carbonyl (C=O) groups is 2. The van der Waals surface area contributed by atoms with Crippen LogP contribution in [0.1, 0.15) is 28.6 Å². The molecule has 0 saturated carbocycles. The first-order chi connectivity index (χ1) is 22.2. The molecule has 1 atom stereocenters. The first kappa shape index (κ1) is 31.7. The van der Waals surface area contributed by atoms with Crippen molar-refractivity contribution in [3.05, 3.63) is 92.9 Å². The fourth-order valence-electron chi connectivity index (χ4n) is 5.27. The Bertz CT molecular complexity index is 2020. The Balaban J connectivity index is 1.49. The molecule has 1 amide bonds. The van der Waals surface area contributed by atoms with Gasteiger partial charge in [-0.15, -0.1) is 10.2 Å². The summed E-state index contributed by atoms with van der Waals surface area (Å²) >= 11 is 14.9. The van der Waals surface area contributed by atoms with Crippen molar-refractivity contribution in [2.45, 2.75) is 23.1 Å². The number of aliphatic hydroxyl groups is 1. The van der Waals surface area contributed by atoms with E-state index >= 15 is 0 Å². The van der Waals surface area contributed by atoms with Gasteiger partial charge in [0.1, 0.15) is 11.3 Å². The number of fused-ring (bicyclic) bond motifs is 1. The third-order valence-electron chi connectivity index (χ3n) is 7.34. The number of hydrogen-bond acceptors (Lipinski definition) is 11. The summed E-state index contributed by atoms with van der Waals surface area (Å²) in [6.45, 7) is 1.72. The molecule has 6 rings (SSSR count). The molecule has 1 aliphatic rings. The van der Waals surface area contributed by atoms with E-state index in [1.54, 1.807) is 53.9 Å². The zero-order chi connectivity index (χ0) is 32.7. The van der Waals surface area contributed by atoms with Crippen LogP contribution < -0.4 is 19.1 Å². The van der Waals surface area contributed by atoms with Crippen molar-refractivity contribution in [2.75, 3.05) is 26.2 Å². The van der Waals surface area contributed by atoms with E-state index in [-0.39, 0.29) is 16.4 Å². The van der Waals surface area contributed by atoms with Crippen LogP contribution >= 0.6 is 46.3 Å². The van der Waals surface area contributed by atoms with Crippen LogP contribution in [0.15, 0.2) is 64.6 Å². The molecule has 0 spiro atoms. The molecule has 5 aromatic rings. The fourth-order valence-corrected chi connectivity index (χ4v) is 7.69. The topological polar surface area (TPSA) is 128 Å². The minimum Gasteiger partial charge on any atom is -0.505 e. The number of ketones is 1. The van der Waals surface area contributed by atoms with Crippen LogP contribution in [0.3, 0.4) is 0 Å². The molecule has 4 heterocycles. The summed E-state index contributed by atoms with van der Waals surface area (Å²) < 4.78 is 18.8. The zero-order valence-electron chi connectivity index (χ0n) is 24.8. The first-order valence-electron chi connectivity index (χ1n) is 13.6. The maximum atomic E-state index is 13.9. The molecule has 46 heavy (non-hydrogen) atoms. The van der Waals surface area contributed by atoms with E-state index in [4.69, 9.17) is 37.4 Å². The second kappa shape index (κ2) is 12.8. The number of aliphatic hydroxyl groups excluding tert-OH is 1. The summed E-state index contributed by atoms with van der Waals surface area (Å²) in [6, 6.07) is 12.7. The SMILES string of the molecule is COc1cc(C2/C(=C(\O)c3c(C)nc4ccccn34)C(=O)C(=O)N2c2nnc(SCc3ccc(Cl)cc3Cl)s2)cc(OC)c1OC. The van der Waals surface area contributed by atoms with Gasteiger partial charge in [-0.25, -0.2) is 4.98 Å². The Labute approximate surface area is 281 Å². The molecule has 1 N–H and O–H groups in total. The number of aromatic nitrogens is 4. The van der Waals surface area contributed by atoms with Crippen molar-refractivity contribution in [3.63, 3.8) is 0 Å². The van der Waals surface area contributed by atoms with Crippen molar-refractivity contribution >= 4 is 74.5 Å². The maximum Gasteiger partial charge on any atom is 0.301 e. The van der Waals surface area contributed by atoms with Crippen LogP contribution in [0.2, 0.25) is 10.0 Å². The van der Waals surface area contributed by atoms with Gasteiger partial charge in [0.25, 0.3) is 5.78 Å². The number of methoxy groups -OCH3 is 3. The van der Waals surface area contributed by atoms with Crippen molar-refractivity contribution in [2.24, 2.45) is 0 Å². The number of halogens is 2. The highest BCUT2D eigenvalue weighted by atomic mass is 35.5. The molecule has 1 aliphatic heterocycles. The maximum absolute atomic E-state index is 13.9. The monoisotopic (exact) mass is 697 g/mol. The van der Waals surface area contributed by atoms with Gasteiger partial charge in [0.2, 0.25) is 10.9 Å². The van der Waals surface area contributed by atoms with E-state index in [1.807, 2.05) is 12.1 Å². The summed E-state index contributed by atoms with van der Waals surface area (Å²) in [5.74, 6) is -0.818. The molecule has 2 aromatic carbocycles. The van der Waals surface area contributed by atoms with Crippen molar-refractivity contribution < 1.29 is 28.9 Å². The zero-order valence-corrected chi connectivity index (χ0v) is 27.9. The highest BCUT2D eigenvalue weighted by Crippen LogP contribution is 2.48. The average molecular weight is 699 g/mol. The first-order valence-corrected chi connectivity index (χ1v) is 16.2. The largest absolute Gasteiger partial charge is 0.505 e. The lowest BCUT2D eigenvalue weighted by atomic mass is 9.95. The van der Waals surface area contributed by atoms with E-state index in [1.165, 1.54) is 38.0 Å². The van der Waals surface area contributed by atoms with Crippen LogP contribution in [0.4, 0.5) is 5.13 Å². The molecule has 0 aliphatic carbocycles. The van der Waals surface area contributed by atoms with Gasteiger partial charge in [-0.05, 0) is 54.4 Å². The average Bonchev–Trinajstić information content (AvgIpc) is 3.72. The molecule has 0 radical (unpaired) electrons.